The molecule has 0 heterocycles. The Kier molecular flexibility index (Phi) is 2.77. The fourth-order valence-electron chi connectivity index (χ4n) is 0.0903. The zero-order valence-corrected chi connectivity index (χ0v) is 4.88. The van der Waals surface area contributed by atoms with E-state index < -0.39 is 16.3 Å². The van der Waals surface area contributed by atoms with Gasteiger partial charge in [-0.2, -0.15) is 14.0 Å². The quantitative estimate of drug-likeness (QED) is 0.388. The van der Waals surface area contributed by atoms with Gasteiger partial charge < -0.3 is 0 Å². The number of nitrogens with one attached hydrogen (secondary N) is 1. The van der Waals surface area contributed by atoms with Crippen molar-refractivity contribution in [2.75, 3.05) is 0 Å². The first kappa shape index (κ1) is 8.56. The third-order valence-electron chi connectivity index (χ3n) is 0.247. The molecule has 2 amide bonds. The number of hydroxylamine groups is 1. The van der Waals surface area contributed by atoms with Crippen LogP contribution in [0.1, 0.15) is 0 Å². The Hall–Kier alpha value is -0.440. The topological polar surface area (TPSA) is 135 Å². The van der Waals surface area contributed by atoms with E-state index >= 15 is 0 Å². The van der Waals surface area contributed by atoms with Crippen LogP contribution in [0.5, 0.6) is 0 Å². The molecule has 0 saturated heterocycles. The van der Waals surface area contributed by atoms with Crippen LogP contribution in [-0.4, -0.2) is 6.03 Å². The van der Waals surface area contributed by atoms with Gasteiger partial charge in [-0.3, -0.25) is 5.73 Å². The van der Waals surface area contributed by atoms with E-state index in [1.807, 2.05) is 0 Å². The maximum Gasteiger partial charge on any atom is 0.447 e. The molecule has 0 aromatic carbocycles. The number of hydrogen-bond donors (Lipinski definition) is 2. The maximum absolute atomic E-state index is 9.74. The Balaban J connectivity index is 3.39. The van der Waals surface area contributed by atoms with Gasteiger partial charge in [-0.1, -0.05) is 0 Å². The van der Waals surface area contributed by atoms with Gasteiger partial charge in [0.15, 0.2) is 0 Å². The van der Waals surface area contributed by atoms with E-state index in [0.29, 0.717) is 0 Å². The second-order valence-corrected chi connectivity index (χ2v) is 1.89. The molecule has 0 aromatic heterocycles. The highest BCUT2D eigenvalue weighted by molar-refractivity contribution is 5.60. The van der Waals surface area contributed by atoms with Gasteiger partial charge in [-0.25, -0.2) is 4.79 Å². The molecule has 0 aliphatic carbocycles. The van der Waals surface area contributed by atoms with Gasteiger partial charge in [0.25, 0.3) is 0 Å². The molecule has 0 unspecified atom stereocenters. The summed E-state index contributed by atoms with van der Waals surface area (Å²) in [5.74, 6) is 0. The molecule has 0 aliphatic rings. The van der Waals surface area contributed by atoms with Gasteiger partial charge in [0, 0.05) is 0 Å². The van der Waals surface area contributed by atoms with Crippen LogP contribution in [0, 0.1) is 10.2 Å². The van der Waals surface area contributed by atoms with E-state index in [9.17, 15) is 18.8 Å². The minimum atomic E-state index is -4.59. The van der Waals surface area contributed by atoms with E-state index in [2.05, 4.69) is 10.1 Å². The van der Waals surface area contributed by atoms with Crippen molar-refractivity contribution >= 4 is 6.03 Å². The molecule has 0 atom stereocenters. The van der Waals surface area contributed by atoms with Crippen molar-refractivity contribution in [1.29, 1.82) is 0 Å². The summed E-state index contributed by atoms with van der Waals surface area (Å²) in [7, 11) is -4.59. The molecule has 0 aliphatic heterocycles. The molecule has 0 bridgehead atoms. The first-order valence-electron chi connectivity index (χ1n) is 1.63. The summed E-state index contributed by atoms with van der Waals surface area (Å²) in [6.45, 7) is 0. The molecular formula is CH4ClN2O5+. The van der Waals surface area contributed by atoms with E-state index in [-0.39, 0.29) is 0 Å². The van der Waals surface area contributed by atoms with Crippen molar-refractivity contribution in [3.05, 3.63) is 0 Å². The number of amides is 2. The first-order chi connectivity index (χ1) is 3.92. The molecule has 9 heavy (non-hydrogen) atoms. The first-order valence-corrected chi connectivity index (χ1v) is 2.86. The van der Waals surface area contributed by atoms with Crippen LogP contribution in [0.25, 0.3) is 0 Å². The number of urea groups is 1. The smallest absolute Gasteiger partial charge is 0.272 e. The SMILES string of the molecule is [NH3+]C(=O)NO[Cl+3]([O-])([O-])[O-]. The van der Waals surface area contributed by atoms with E-state index in [0.717, 1.165) is 0 Å². The molecule has 0 radical (unpaired) electrons. The molecule has 0 aromatic rings. The lowest BCUT2D eigenvalue weighted by Crippen LogP contribution is -2.69. The molecule has 0 rings (SSSR count). The minimum absolute atomic E-state index is 1.01. The highest BCUT2D eigenvalue weighted by Crippen LogP contribution is 1.79. The van der Waals surface area contributed by atoms with Crippen molar-refractivity contribution < 1.29 is 39.1 Å². The number of halogens is 1. The second-order valence-electron chi connectivity index (χ2n) is 0.980. The van der Waals surface area contributed by atoms with Crippen LogP contribution >= 0.6 is 0 Å². The predicted molar refractivity (Wildman–Crippen MR) is 12.5 cm³/mol. The summed E-state index contributed by atoms with van der Waals surface area (Å²) in [6.07, 6.45) is 0. The number of quaternary nitrogens is 1. The van der Waals surface area contributed by atoms with E-state index in [1.54, 1.807) is 0 Å². The van der Waals surface area contributed by atoms with Crippen LogP contribution in [0.15, 0.2) is 0 Å². The number of hydrogen-bond acceptors (Lipinski definition) is 5. The van der Waals surface area contributed by atoms with Crippen molar-refractivity contribution in [1.82, 2.24) is 5.48 Å². The Labute approximate surface area is 51.7 Å². The monoisotopic (exact) mass is 159 g/mol. The molecule has 54 valence electrons. The molecule has 4 N–H and O–H groups in total. The summed E-state index contributed by atoms with van der Waals surface area (Å²) in [4.78, 5) is 9.74. The standard InChI is InChI=1S/CH3ClN2O5/c3-1(5)4-9-2(6,7)8/h(H3,3,4,5)/p+1. The molecule has 0 fully saturated rings. The fourth-order valence-corrected chi connectivity index (χ4v) is 0.271. The van der Waals surface area contributed by atoms with Gasteiger partial charge in [0.2, 0.25) is 4.39 Å². The van der Waals surface area contributed by atoms with Crippen LogP contribution in [-0.2, 0) is 4.39 Å². The Morgan fingerprint density at radius 3 is 2.11 bits per heavy atom. The summed E-state index contributed by atoms with van der Waals surface area (Å²) >= 11 is 0. The third-order valence-corrected chi connectivity index (χ3v) is 0.513. The maximum atomic E-state index is 9.74. The van der Waals surface area contributed by atoms with E-state index in [1.165, 1.54) is 5.48 Å². The van der Waals surface area contributed by atoms with Crippen LogP contribution in [0.4, 0.5) is 4.79 Å². The predicted octanol–water partition coefficient (Wildman–Crippen LogP) is -5.23. The Morgan fingerprint density at radius 1 is 1.56 bits per heavy atom. The van der Waals surface area contributed by atoms with Crippen LogP contribution in [0.2, 0.25) is 0 Å². The summed E-state index contributed by atoms with van der Waals surface area (Å²) in [5, 5.41) is 0. The van der Waals surface area contributed by atoms with Crippen molar-refractivity contribution in [2.24, 2.45) is 0 Å². The van der Waals surface area contributed by atoms with Gasteiger partial charge in [-0.15, -0.1) is 0 Å². The molecule has 0 spiro atoms. The summed E-state index contributed by atoms with van der Waals surface area (Å²) < 4.78 is 31.7. The average molecular weight is 160 g/mol. The van der Waals surface area contributed by atoms with Crippen molar-refractivity contribution in [3.8, 4) is 0 Å². The lowest BCUT2D eigenvalue weighted by Gasteiger charge is -2.08. The van der Waals surface area contributed by atoms with Crippen LogP contribution < -0.4 is 25.2 Å². The van der Waals surface area contributed by atoms with Gasteiger partial charge in [-0.05, 0) is 5.48 Å². The minimum Gasteiger partial charge on any atom is -0.272 e. The second kappa shape index (κ2) is 2.92. The average Bonchev–Trinajstić information content (AvgIpc) is 1.59. The van der Waals surface area contributed by atoms with Crippen LogP contribution in [0.3, 0.4) is 0 Å². The Bertz CT molecular complexity index is 108. The number of carbonyl (C=O) groups excluding carboxylic acids is 1. The van der Waals surface area contributed by atoms with Gasteiger partial charge in [0.05, 0.1) is 0 Å². The summed E-state index contributed by atoms with van der Waals surface area (Å²) in [6, 6.07) is -1.01. The zero-order valence-electron chi connectivity index (χ0n) is 4.13. The Morgan fingerprint density at radius 2 is 2.00 bits per heavy atom. The molecular weight excluding hydrogens is 155 g/mol. The lowest BCUT2D eigenvalue weighted by atomic mass is 11.2. The number of rotatable bonds is 2. The molecule has 8 heteroatoms. The highest BCUT2D eigenvalue weighted by Gasteiger charge is 2.19. The fraction of sp³-hybridized carbons (Fsp3) is 0. The van der Waals surface area contributed by atoms with Crippen molar-refractivity contribution in [3.63, 3.8) is 0 Å². The highest BCUT2D eigenvalue weighted by atomic mass is 35.7. The summed E-state index contributed by atoms with van der Waals surface area (Å²) in [5.41, 5.74) is 3.88. The van der Waals surface area contributed by atoms with Crippen molar-refractivity contribution in [2.45, 2.75) is 0 Å². The van der Waals surface area contributed by atoms with Gasteiger partial charge >= 0.3 is 6.03 Å². The molecule has 0 saturated carbocycles. The zero-order chi connectivity index (χ0) is 7.49. The normalized spacial score (nSPS) is 11.1. The van der Waals surface area contributed by atoms with Gasteiger partial charge in [0.1, 0.15) is 10.2 Å². The molecule has 7 nitrogen and oxygen atoms in total. The largest absolute Gasteiger partial charge is 0.447 e. The van der Waals surface area contributed by atoms with E-state index in [4.69, 9.17) is 0 Å². The number of carbonyl (C=O) groups is 1. The third kappa shape index (κ3) is 7.56. The lowest BCUT2D eigenvalue weighted by molar-refractivity contribution is -1.92.